The highest BCUT2D eigenvalue weighted by molar-refractivity contribution is 5.65. The Morgan fingerprint density at radius 3 is 2.56 bits per heavy atom. The van der Waals surface area contributed by atoms with E-state index in [1.165, 1.54) is 12.1 Å². The molecular formula is C10H10N2O4. The Hall–Kier alpha value is -2.37. The summed E-state index contributed by atoms with van der Waals surface area (Å²) in [5.74, 6) is 0. The lowest BCUT2D eigenvalue weighted by atomic mass is 10.2. The van der Waals surface area contributed by atoms with Gasteiger partial charge in [0.1, 0.15) is 0 Å². The van der Waals surface area contributed by atoms with Crippen LogP contribution in [0, 0.1) is 10.1 Å². The van der Waals surface area contributed by atoms with Crippen LogP contribution in [0.2, 0.25) is 0 Å². The summed E-state index contributed by atoms with van der Waals surface area (Å²) < 4.78 is 0. The summed E-state index contributed by atoms with van der Waals surface area (Å²) in [6.07, 6.45) is 2.21. The van der Waals surface area contributed by atoms with Gasteiger partial charge >= 0.3 is 6.09 Å². The molecule has 6 heteroatoms. The quantitative estimate of drug-likeness (QED) is 0.600. The first kappa shape index (κ1) is 11.7. The minimum atomic E-state index is -1.09. The van der Waals surface area contributed by atoms with Gasteiger partial charge < -0.3 is 10.4 Å². The second-order valence-electron chi connectivity index (χ2n) is 2.94. The van der Waals surface area contributed by atoms with Gasteiger partial charge in [0.2, 0.25) is 0 Å². The number of non-ortho nitro benzene ring substituents is 1. The Bertz CT molecular complexity index is 411. The van der Waals surface area contributed by atoms with Gasteiger partial charge in [-0.15, -0.1) is 0 Å². The first-order chi connectivity index (χ1) is 7.59. The highest BCUT2D eigenvalue weighted by Gasteiger charge is 2.01. The van der Waals surface area contributed by atoms with Gasteiger partial charge in [-0.1, -0.05) is 12.2 Å². The van der Waals surface area contributed by atoms with Gasteiger partial charge in [0, 0.05) is 18.7 Å². The molecule has 0 spiro atoms. The number of benzene rings is 1. The largest absolute Gasteiger partial charge is 0.465 e. The summed E-state index contributed by atoms with van der Waals surface area (Å²) >= 11 is 0. The van der Waals surface area contributed by atoms with E-state index in [1.54, 1.807) is 24.3 Å². The summed E-state index contributed by atoms with van der Waals surface area (Å²) in [6, 6.07) is 5.97. The summed E-state index contributed by atoms with van der Waals surface area (Å²) in [7, 11) is 0. The second kappa shape index (κ2) is 5.50. The third-order valence-corrected chi connectivity index (χ3v) is 1.79. The number of amides is 1. The predicted octanol–water partition coefficient (Wildman–Crippen LogP) is 1.88. The number of nitrogens with zero attached hydrogens (tertiary/aromatic N) is 1. The van der Waals surface area contributed by atoms with Gasteiger partial charge in [0.15, 0.2) is 0 Å². The van der Waals surface area contributed by atoms with Crippen LogP contribution in [-0.4, -0.2) is 22.7 Å². The van der Waals surface area contributed by atoms with Gasteiger partial charge in [0.25, 0.3) is 5.69 Å². The summed E-state index contributed by atoms with van der Waals surface area (Å²) in [5, 5.41) is 20.8. The molecule has 2 N–H and O–H groups in total. The maximum Gasteiger partial charge on any atom is 0.404 e. The van der Waals surface area contributed by atoms with Crippen molar-refractivity contribution in [3.63, 3.8) is 0 Å². The van der Waals surface area contributed by atoms with E-state index in [0.29, 0.717) is 0 Å². The van der Waals surface area contributed by atoms with Crippen LogP contribution in [0.5, 0.6) is 0 Å². The van der Waals surface area contributed by atoms with E-state index >= 15 is 0 Å². The Balaban J connectivity index is 2.55. The summed E-state index contributed by atoms with van der Waals surface area (Å²) in [6.45, 7) is 0.201. The highest BCUT2D eigenvalue weighted by Crippen LogP contribution is 2.12. The lowest BCUT2D eigenvalue weighted by Gasteiger charge is -1.95. The van der Waals surface area contributed by atoms with Crippen molar-refractivity contribution in [3.05, 3.63) is 46.0 Å². The molecule has 0 aliphatic carbocycles. The number of nitrogens with one attached hydrogen (secondary N) is 1. The maximum absolute atomic E-state index is 10.4. The molecule has 0 unspecified atom stereocenters. The van der Waals surface area contributed by atoms with E-state index in [-0.39, 0.29) is 12.2 Å². The van der Waals surface area contributed by atoms with Crippen molar-refractivity contribution < 1.29 is 14.8 Å². The second-order valence-corrected chi connectivity index (χ2v) is 2.94. The molecule has 0 saturated heterocycles. The average Bonchev–Trinajstić information content (AvgIpc) is 2.25. The number of carbonyl (C=O) groups is 1. The Labute approximate surface area is 91.4 Å². The third-order valence-electron chi connectivity index (χ3n) is 1.79. The molecule has 0 fully saturated rings. The average molecular weight is 222 g/mol. The molecule has 0 aliphatic heterocycles. The molecule has 1 rings (SSSR count). The van der Waals surface area contributed by atoms with Crippen LogP contribution in [0.25, 0.3) is 6.08 Å². The lowest BCUT2D eigenvalue weighted by Crippen LogP contribution is -2.20. The van der Waals surface area contributed by atoms with E-state index in [1.807, 2.05) is 0 Å². The topological polar surface area (TPSA) is 92.5 Å². The molecular weight excluding hydrogens is 212 g/mol. The molecule has 16 heavy (non-hydrogen) atoms. The van der Waals surface area contributed by atoms with Crippen LogP contribution in [0.3, 0.4) is 0 Å². The fourth-order valence-corrected chi connectivity index (χ4v) is 1.05. The fraction of sp³-hybridized carbons (Fsp3) is 0.100. The van der Waals surface area contributed by atoms with Gasteiger partial charge in [0.05, 0.1) is 4.92 Å². The van der Waals surface area contributed by atoms with Gasteiger partial charge in [-0.25, -0.2) is 4.79 Å². The Morgan fingerprint density at radius 1 is 1.44 bits per heavy atom. The van der Waals surface area contributed by atoms with Crippen molar-refractivity contribution in [3.8, 4) is 0 Å². The van der Waals surface area contributed by atoms with Crippen LogP contribution in [0.4, 0.5) is 10.5 Å². The Kier molecular flexibility index (Phi) is 4.02. The monoisotopic (exact) mass is 222 g/mol. The fourth-order valence-electron chi connectivity index (χ4n) is 1.05. The van der Waals surface area contributed by atoms with Crippen molar-refractivity contribution in [1.29, 1.82) is 0 Å². The molecule has 1 aromatic rings. The molecule has 1 aromatic carbocycles. The normalized spacial score (nSPS) is 10.2. The highest BCUT2D eigenvalue weighted by atomic mass is 16.6. The number of nitro groups is 1. The molecule has 0 bridgehead atoms. The van der Waals surface area contributed by atoms with Crippen molar-refractivity contribution in [2.24, 2.45) is 0 Å². The zero-order chi connectivity index (χ0) is 12.0. The summed E-state index contributed by atoms with van der Waals surface area (Å²) in [5.41, 5.74) is 0.804. The van der Waals surface area contributed by atoms with Crippen molar-refractivity contribution in [1.82, 2.24) is 5.32 Å². The first-order valence-electron chi connectivity index (χ1n) is 4.47. The van der Waals surface area contributed by atoms with Gasteiger partial charge in [-0.2, -0.15) is 0 Å². The van der Waals surface area contributed by atoms with Crippen molar-refractivity contribution in [2.45, 2.75) is 0 Å². The van der Waals surface area contributed by atoms with E-state index in [9.17, 15) is 14.9 Å². The number of carboxylic acid groups (broad SMARTS) is 1. The van der Waals surface area contributed by atoms with E-state index < -0.39 is 11.0 Å². The molecule has 84 valence electrons. The van der Waals surface area contributed by atoms with Crippen LogP contribution in [0.1, 0.15) is 5.56 Å². The van der Waals surface area contributed by atoms with Crippen molar-refractivity contribution in [2.75, 3.05) is 6.54 Å². The van der Waals surface area contributed by atoms with Crippen LogP contribution < -0.4 is 5.32 Å². The zero-order valence-electron chi connectivity index (χ0n) is 8.29. The zero-order valence-corrected chi connectivity index (χ0v) is 8.29. The van der Waals surface area contributed by atoms with E-state index in [2.05, 4.69) is 5.32 Å². The number of rotatable bonds is 4. The number of nitro benzene ring substituents is 1. The third kappa shape index (κ3) is 3.79. The molecule has 0 radical (unpaired) electrons. The molecule has 6 nitrogen and oxygen atoms in total. The smallest absolute Gasteiger partial charge is 0.404 e. The van der Waals surface area contributed by atoms with E-state index in [4.69, 9.17) is 5.11 Å². The van der Waals surface area contributed by atoms with Crippen LogP contribution >= 0.6 is 0 Å². The molecule has 1 amide bonds. The predicted molar refractivity (Wildman–Crippen MR) is 58.2 cm³/mol. The SMILES string of the molecule is O=C(O)NCC=Cc1ccc([N+](=O)[O-])cc1. The maximum atomic E-state index is 10.4. The van der Waals surface area contributed by atoms with Gasteiger partial charge in [-0.3, -0.25) is 10.1 Å². The van der Waals surface area contributed by atoms with Crippen LogP contribution in [0.15, 0.2) is 30.3 Å². The Morgan fingerprint density at radius 2 is 2.06 bits per heavy atom. The lowest BCUT2D eigenvalue weighted by molar-refractivity contribution is -0.384. The standard InChI is InChI=1S/C10H10N2O4/c13-10(14)11-7-1-2-8-3-5-9(6-4-8)12(15)16/h1-6,11H,7H2,(H,13,14). The molecule has 0 aromatic heterocycles. The first-order valence-corrected chi connectivity index (χ1v) is 4.47. The van der Waals surface area contributed by atoms with E-state index in [0.717, 1.165) is 5.56 Å². The molecule has 0 atom stereocenters. The van der Waals surface area contributed by atoms with Gasteiger partial charge in [-0.05, 0) is 17.7 Å². The minimum absolute atomic E-state index is 0.0285. The van der Waals surface area contributed by atoms with Crippen LogP contribution in [-0.2, 0) is 0 Å². The van der Waals surface area contributed by atoms with Crippen molar-refractivity contribution >= 4 is 17.9 Å². The minimum Gasteiger partial charge on any atom is -0.465 e. The number of hydrogen-bond acceptors (Lipinski definition) is 3. The summed E-state index contributed by atoms with van der Waals surface area (Å²) in [4.78, 5) is 20.0. The molecule has 0 heterocycles. The molecule has 0 aliphatic rings. The number of hydrogen-bond donors (Lipinski definition) is 2. The molecule has 0 saturated carbocycles.